The van der Waals surface area contributed by atoms with Crippen molar-refractivity contribution < 1.29 is 4.79 Å². The molecule has 3 nitrogen and oxygen atoms in total. The van der Waals surface area contributed by atoms with Crippen molar-refractivity contribution in [3.63, 3.8) is 0 Å². The van der Waals surface area contributed by atoms with Crippen LogP contribution in [0.1, 0.15) is 25.3 Å². The second-order valence-corrected chi connectivity index (χ2v) is 4.94. The predicted molar refractivity (Wildman–Crippen MR) is 70.4 cm³/mol. The summed E-state index contributed by atoms with van der Waals surface area (Å²) in [7, 11) is 0. The molecule has 0 aliphatic rings. The van der Waals surface area contributed by atoms with E-state index in [4.69, 9.17) is 5.73 Å². The fourth-order valence-corrected chi connectivity index (χ4v) is 1.81. The summed E-state index contributed by atoms with van der Waals surface area (Å²) in [6, 6.07) is 5.84. The third kappa shape index (κ3) is 4.33. The predicted octanol–water partition coefficient (Wildman–Crippen LogP) is 2.82. The lowest BCUT2D eigenvalue weighted by Gasteiger charge is -2.09. The lowest BCUT2D eigenvalue weighted by Crippen LogP contribution is -2.19. The number of carbonyl (C=O) groups excluding carboxylic acids is 1. The number of nitrogens with two attached hydrogens (primary N) is 1. The molecular weight excluding hydrogens is 268 g/mol. The maximum absolute atomic E-state index is 11.6. The average molecular weight is 285 g/mol. The van der Waals surface area contributed by atoms with Gasteiger partial charge in [-0.2, -0.15) is 0 Å². The number of halogens is 1. The van der Waals surface area contributed by atoms with Crippen LogP contribution in [-0.2, 0) is 4.79 Å². The van der Waals surface area contributed by atoms with Crippen LogP contribution in [-0.4, -0.2) is 11.9 Å². The smallest absolute Gasteiger partial charge is 0.224 e. The molecule has 1 rings (SSSR count). The van der Waals surface area contributed by atoms with E-state index in [0.29, 0.717) is 12.8 Å². The van der Waals surface area contributed by atoms with E-state index in [1.165, 1.54) is 0 Å². The molecule has 1 unspecified atom stereocenters. The zero-order chi connectivity index (χ0) is 12.1. The lowest BCUT2D eigenvalue weighted by atomic mass is 10.1. The summed E-state index contributed by atoms with van der Waals surface area (Å²) in [5, 5.41) is 2.88. The molecule has 0 aromatic heterocycles. The van der Waals surface area contributed by atoms with E-state index in [1.54, 1.807) is 0 Å². The topological polar surface area (TPSA) is 55.1 Å². The van der Waals surface area contributed by atoms with Crippen LogP contribution in [0, 0.1) is 6.92 Å². The highest BCUT2D eigenvalue weighted by molar-refractivity contribution is 9.10. The third-order valence-electron chi connectivity index (χ3n) is 2.29. The van der Waals surface area contributed by atoms with Gasteiger partial charge in [0.15, 0.2) is 0 Å². The lowest BCUT2D eigenvalue weighted by molar-refractivity contribution is -0.116. The first kappa shape index (κ1) is 13.2. The van der Waals surface area contributed by atoms with E-state index in [-0.39, 0.29) is 11.9 Å². The Balaban J connectivity index is 2.56. The van der Waals surface area contributed by atoms with Crippen molar-refractivity contribution in [1.29, 1.82) is 0 Å². The highest BCUT2D eigenvalue weighted by Gasteiger charge is 2.06. The van der Waals surface area contributed by atoms with Crippen LogP contribution < -0.4 is 11.1 Å². The Bertz CT molecular complexity index is 377. The van der Waals surface area contributed by atoms with E-state index < -0.39 is 0 Å². The molecule has 1 atom stereocenters. The quantitative estimate of drug-likeness (QED) is 0.893. The Morgan fingerprint density at radius 1 is 1.56 bits per heavy atom. The van der Waals surface area contributed by atoms with Gasteiger partial charge in [0.1, 0.15) is 0 Å². The van der Waals surface area contributed by atoms with E-state index >= 15 is 0 Å². The first-order valence-corrected chi connectivity index (χ1v) is 6.10. The average Bonchev–Trinajstić information content (AvgIpc) is 2.19. The normalized spacial score (nSPS) is 12.2. The minimum atomic E-state index is 0.0164. The highest BCUT2D eigenvalue weighted by Crippen LogP contribution is 2.20. The van der Waals surface area contributed by atoms with Crippen LogP contribution in [0.5, 0.6) is 0 Å². The van der Waals surface area contributed by atoms with E-state index in [9.17, 15) is 4.79 Å². The Labute approximate surface area is 105 Å². The molecule has 0 bridgehead atoms. The number of aryl methyl sites for hydroxylation is 1. The van der Waals surface area contributed by atoms with Gasteiger partial charge in [-0.05, 0) is 44.0 Å². The fourth-order valence-electron chi connectivity index (χ4n) is 1.34. The molecular formula is C12H17BrN2O. The molecule has 0 radical (unpaired) electrons. The van der Waals surface area contributed by atoms with Gasteiger partial charge in [0, 0.05) is 22.6 Å². The molecule has 16 heavy (non-hydrogen) atoms. The number of hydrogen-bond donors (Lipinski definition) is 2. The van der Waals surface area contributed by atoms with Crippen LogP contribution >= 0.6 is 15.9 Å². The number of benzene rings is 1. The van der Waals surface area contributed by atoms with E-state index in [2.05, 4.69) is 21.2 Å². The van der Waals surface area contributed by atoms with Gasteiger partial charge in [0.05, 0.1) is 0 Å². The largest absolute Gasteiger partial charge is 0.328 e. The van der Waals surface area contributed by atoms with E-state index in [0.717, 1.165) is 15.7 Å². The summed E-state index contributed by atoms with van der Waals surface area (Å²) in [5.41, 5.74) is 7.50. The second-order valence-electron chi connectivity index (χ2n) is 4.02. The molecule has 1 aromatic carbocycles. The summed E-state index contributed by atoms with van der Waals surface area (Å²) in [4.78, 5) is 11.6. The van der Waals surface area contributed by atoms with Crippen LogP contribution in [0.25, 0.3) is 0 Å². The zero-order valence-electron chi connectivity index (χ0n) is 9.59. The van der Waals surface area contributed by atoms with Crippen molar-refractivity contribution in [2.75, 3.05) is 5.32 Å². The maximum Gasteiger partial charge on any atom is 0.224 e. The Morgan fingerprint density at radius 3 is 2.81 bits per heavy atom. The SMILES string of the molecule is Cc1cc(Br)ccc1NC(=O)CCC(C)N. The second kappa shape index (κ2) is 6.01. The highest BCUT2D eigenvalue weighted by atomic mass is 79.9. The standard InChI is InChI=1S/C12H17BrN2O/c1-8-7-10(13)4-5-11(8)15-12(16)6-3-9(2)14/h4-5,7,9H,3,6,14H2,1-2H3,(H,15,16). The Hall–Kier alpha value is -0.870. The van der Waals surface area contributed by atoms with Crippen molar-refractivity contribution in [1.82, 2.24) is 0 Å². The van der Waals surface area contributed by atoms with Gasteiger partial charge in [-0.3, -0.25) is 4.79 Å². The van der Waals surface area contributed by atoms with Gasteiger partial charge in [0.25, 0.3) is 0 Å². The first-order chi connectivity index (χ1) is 7.49. The van der Waals surface area contributed by atoms with Gasteiger partial charge in [-0.1, -0.05) is 15.9 Å². The number of anilines is 1. The summed E-state index contributed by atoms with van der Waals surface area (Å²) >= 11 is 3.38. The van der Waals surface area contributed by atoms with E-state index in [1.807, 2.05) is 32.0 Å². The van der Waals surface area contributed by atoms with Crippen LogP contribution in [0.2, 0.25) is 0 Å². The minimum Gasteiger partial charge on any atom is -0.328 e. The minimum absolute atomic E-state index is 0.0164. The first-order valence-electron chi connectivity index (χ1n) is 5.30. The van der Waals surface area contributed by atoms with Crippen LogP contribution in [0.15, 0.2) is 22.7 Å². The molecule has 3 N–H and O–H groups in total. The molecule has 0 spiro atoms. The molecule has 0 heterocycles. The third-order valence-corrected chi connectivity index (χ3v) is 2.78. The molecule has 0 aliphatic heterocycles. The van der Waals surface area contributed by atoms with Crippen LogP contribution in [0.4, 0.5) is 5.69 Å². The Morgan fingerprint density at radius 2 is 2.25 bits per heavy atom. The molecule has 0 saturated carbocycles. The number of hydrogen-bond acceptors (Lipinski definition) is 2. The molecule has 0 fully saturated rings. The summed E-state index contributed by atoms with van der Waals surface area (Å²) < 4.78 is 1.01. The molecule has 4 heteroatoms. The van der Waals surface area contributed by atoms with Crippen LogP contribution in [0.3, 0.4) is 0 Å². The number of rotatable bonds is 4. The van der Waals surface area contributed by atoms with Gasteiger partial charge < -0.3 is 11.1 Å². The van der Waals surface area contributed by atoms with Crippen molar-refractivity contribution >= 4 is 27.5 Å². The number of nitrogens with one attached hydrogen (secondary N) is 1. The zero-order valence-corrected chi connectivity index (χ0v) is 11.2. The van der Waals surface area contributed by atoms with Gasteiger partial charge in [-0.25, -0.2) is 0 Å². The maximum atomic E-state index is 11.6. The summed E-state index contributed by atoms with van der Waals surface area (Å²) in [6.45, 7) is 3.87. The fraction of sp³-hybridized carbons (Fsp3) is 0.417. The Kier molecular flexibility index (Phi) is 4.96. The molecule has 1 amide bonds. The summed E-state index contributed by atoms with van der Waals surface area (Å²) in [6.07, 6.45) is 1.18. The molecule has 0 saturated heterocycles. The molecule has 88 valence electrons. The van der Waals surface area contributed by atoms with Crippen molar-refractivity contribution in [2.24, 2.45) is 5.73 Å². The summed E-state index contributed by atoms with van der Waals surface area (Å²) in [5.74, 6) is 0.0164. The monoisotopic (exact) mass is 284 g/mol. The van der Waals surface area contributed by atoms with Gasteiger partial charge in [0.2, 0.25) is 5.91 Å². The molecule has 1 aromatic rings. The number of amides is 1. The number of carbonyl (C=O) groups is 1. The van der Waals surface area contributed by atoms with Crippen molar-refractivity contribution in [2.45, 2.75) is 32.7 Å². The molecule has 0 aliphatic carbocycles. The van der Waals surface area contributed by atoms with Crippen molar-refractivity contribution in [3.8, 4) is 0 Å². The van der Waals surface area contributed by atoms with Gasteiger partial charge >= 0.3 is 0 Å². The van der Waals surface area contributed by atoms with Crippen molar-refractivity contribution in [3.05, 3.63) is 28.2 Å². The van der Waals surface area contributed by atoms with Gasteiger partial charge in [-0.15, -0.1) is 0 Å².